The molecule has 1 amide bonds. The number of rotatable bonds is 9. The Labute approximate surface area is 209 Å². The van der Waals surface area contributed by atoms with Crippen LogP contribution in [0, 0.1) is 0 Å². The van der Waals surface area contributed by atoms with Crippen LogP contribution in [0.3, 0.4) is 0 Å². The molecule has 0 unspecified atom stereocenters. The van der Waals surface area contributed by atoms with E-state index in [2.05, 4.69) is 15.0 Å². The first kappa shape index (κ1) is 25.3. The Morgan fingerprint density at radius 3 is 2.36 bits per heavy atom. The Kier molecular flexibility index (Phi) is 7.31. The third-order valence-electron chi connectivity index (χ3n) is 5.16. The molecular weight excluding hydrogens is 508 g/mol. The number of hydrogen-bond donors (Lipinski definition) is 2. The van der Waals surface area contributed by atoms with Crippen molar-refractivity contribution in [1.82, 2.24) is 4.98 Å². The number of sulfonamides is 2. The average molecular weight is 533 g/mol. The minimum absolute atomic E-state index is 0.0178. The highest BCUT2D eigenvalue weighted by atomic mass is 32.2. The summed E-state index contributed by atoms with van der Waals surface area (Å²) in [4.78, 5) is 16.6. The lowest BCUT2D eigenvalue weighted by atomic mass is 10.2. The molecule has 2 heterocycles. The monoisotopic (exact) mass is 532 g/mol. The van der Waals surface area contributed by atoms with Crippen LogP contribution >= 0.6 is 0 Å². The molecule has 0 bridgehead atoms. The lowest BCUT2D eigenvalue weighted by molar-refractivity contribution is -0.114. The molecule has 0 atom stereocenters. The van der Waals surface area contributed by atoms with Crippen molar-refractivity contribution < 1.29 is 31.1 Å². The number of fused-ring (bicyclic) bond motifs is 1. The maximum atomic E-state index is 12.8. The van der Waals surface area contributed by atoms with Gasteiger partial charge < -0.3 is 14.8 Å². The number of carbonyl (C=O) groups excluding carboxylic acids is 1. The van der Waals surface area contributed by atoms with Crippen LogP contribution in [0.1, 0.15) is 6.92 Å². The third kappa shape index (κ3) is 5.86. The zero-order valence-corrected chi connectivity index (χ0v) is 20.9. The second kappa shape index (κ2) is 10.4. The molecule has 13 heteroatoms. The first-order valence-corrected chi connectivity index (χ1v) is 14.0. The first-order valence-electron chi connectivity index (χ1n) is 10.9. The second-order valence-corrected chi connectivity index (χ2v) is 11.5. The number of aromatic nitrogens is 1. The molecule has 2 N–H and O–H groups in total. The molecule has 1 aliphatic heterocycles. The van der Waals surface area contributed by atoms with Crippen LogP contribution in [-0.4, -0.2) is 53.2 Å². The minimum Gasteiger partial charge on any atom is -0.486 e. The van der Waals surface area contributed by atoms with Gasteiger partial charge in [0, 0.05) is 18.0 Å². The molecule has 1 aromatic heterocycles. The summed E-state index contributed by atoms with van der Waals surface area (Å²) in [7, 11) is -7.66. The van der Waals surface area contributed by atoms with Gasteiger partial charge in [-0.1, -0.05) is 0 Å². The van der Waals surface area contributed by atoms with E-state index in [0.717, 1.165) is 4.31 Å². The third-order valence-corrected chi connectivity index (χ3v) is 8.30. The van der Waals surface area contributed by atoms with E-state index in [-0.39, 0.29) is 16.3 Å². The normalized spacial score (nSPS) is 13.0. The number of ether oxygens (including phenoxy) is 2. The Morgan fingerprint density at radius 1 is 0.972 bits per heavy atom. The Bertz CT molecular complexity index is 1450. The van der Waals surface area contributed by atoms with E-state index in [4.69, 9.17) is 9.47 Å². The van der Waals surface area contributed by atoms with Gasteiger partial charge in [0.2, 0.25) is 15.9 Å². The van der Waals surface area contributed by atoms with Crippen LogP contribution in [-0.2, 0) is 24.8 Å². The van der Waals surface area contributed by atoms with Crippen molar-refractivity contribution in [2.75, 3.05) is 39.9 Å². The van der Waals surface area contributed by atoms with E-state index >= 15 is 0 Å². The quantitative estimate of drug-likeness (QED) is 0.428. The van der Waals surface area contributed by atoms with Crippen molar-refractivity contribution in [3.05, 3.63) is 67.0 Å². The highest BCUT2D eigenvalue weighted by Crippen LogP contribution is 2.34. The van der Waals surface area contributed by atoms with Crippen molar-refractivity contribution in [3.63, 3.8) is 0 Å². The van der Waals surface area contributed by atoms with E-state index in [9.17, 15) is 21.6 Å². The number of nitrogens with zero attached hydrogens (tertiary/aromatic N) is 2. The summed E-state index contributed by atoms with van der Waals surface area (Å²) in [5.74, 6) is 0.0695. The number of nitrogens with one attached hydrogen (secondary N) is 2. The van der Waals surface area contributed by atoms with Crippen molar-refractivity contribution >= 4 is 43.0 Å². The number of benzene rings is 2. The molecule has 4 rings (SSSR count). The number of anilines is 3. The topological polar surface area (TPSA) is 144 Å². The van der Waals surface area contributed by atoms with Gasteiger partial charge in [-0.15, -0.1) is 0 Å². The molecule has 11 nitrogen and oxygen atoms in total. The number of hydrogen-bond acceptors (Lipinski definition) is 8. The second-order valence-electron chi connectivity index (χ2n) is 7.65. The van der Waals surface area contributed by atoms with Gasteiger partial charge in [-0.2, -0.15) is 0 Å². The minimum atomic E-state index is -3.86. The van der Waals surface area contributed by atoms with Crippen LogP contribution in [0.25, 0.3) is 0 Å². The molecular formula is C23H24N4O7S2. The van der Waals surface area contributed by atoms with Gasteiger partial charge in [0.05, 0.1) is 28.2 Å². The van der Waals surface area contributed by atoms with Gasteiger partial charge >= 0.3 is 0 Å². The van der Waals surface area contributed by atoms with E-state index in [1.165, 1.54) is 49.6 Å². The summed E-state index contributed by atoms with van der Waals surface area (Å²) in [5, 5.41) is 2.60. The molecule has 2 aromatic carbocycles. The van der Waals surface area contributed by atoms with E-state index in [0.29, 0.717) is 36.1 Å². The maximum absolute atomic E-state index is 12.8. The Hall–Kier alpha value is -3.84. The molecule has 0 spiro atoms. The lowest BCUT2D eigenvalue weighted by Crippen LogP contribution is -2.39. The van der Waals surface area contributed by atoms with Crippen LogP contribution < -0.4 is 23.8 Å². The standard InChI is InChI=1S/C23H24N4O7S2/c1-2-35(29,30)27(19-7-10-21-22(14-19)34-13-12-33-21)16-23(28)25-17-5-8-20(9-6-17)36(31,32)26-18-4-3-11-24-15-18/h3-11,14-15,26H,2,12-13,16H2,1H3,(H,25,28). The zero-order chi connectivity index (χ0) is 25.8. The SMILES string of the molecule is CCS(=O)(=O)N(CC(=O)Nc1ccc(S(=O)(=O)Nc2cccnc2)cc1)c1ccc2c(c1)OCCO2. The molecule has 1 aliphatic rings. The van der Waals surface area contributed by atoms with Gasteiger partial charge in [-0.3, -0.25) is 18.8 Å². The largest absolute Gasteiger partial charge is 0.486 e. The maximum Gasteiger partial charge on any atom is 0.261 e. The van der Waals surface area contributed by atoms with E-state index in [1.807, 2.05) is 0 Å². The summed E-state index contributed by atoms with van der Waals surface area (Å²) >= 11 is 0. The van der Waals surface area contributed by atoms with Crippen LogP contribution in [0.15, 0.2) is 71.9 Å². The average Bonchev–Trinajstić information content (AvgIpc) is 2.87. The molecule has 190 valence electrons. The van der Waals surface area contributed by atoms with Gasteiger partial charge in [0.15, 0.2) is 11.5 Å². The number of carbonyl (C=O) groups is 1. The van der Waals surface area contributed by atoms with E-state index in [1.54, 1.807) is 24.3 Å². The fraction of sp³-hybridized carbons (Fsp3) is 0.217. The molecule has 36 heavy (non-hydrogen) atoms. The number of amides is 1. The predicted octanol–water partition coefficient (Wildman–Crippen LogP) is 2.45. The predicted molar refractivity (Wildman–Crippen MR) is 134 cm³/mol. The van der Waals surface area contributed by atoms with Gasteiger partial charge in [-0.25, -0.2) is 16.8 Å². The van der Waals surface area contributed by atoms with E-state index < -0.39 is 32.5 Å². The smallest absolute Gasteiger partial charge is 0.261 e. The molecule has 0 fully saturated rings. The summed E-state index contributed by atoms with van der Waals surface area (Å²) in [5.41, 5.74) is 0.877. The van der Waals surface area contributed by atoms with Crippen LogP contribution in [0.2, 0.25) is 0 Å². The fourth-order valence-electron chi connectivity index (χ4n) is 3.38. The van der Waals surface area contributed by atoms with Crippen LogP contribution in [0.5, 0.6) is 11.5 Å². The Balaban J connectivity index is 1.48. The molecule has 0 aliphatic carbocycles. The summed E-state index contributed by atoms with van der Waals surface area (Å²) in [6, 6.07) is 13.3. The Morgan fingerprint density at radius 2 is 1.69 bits per heavy atom. The van der Waals surface area contributed by atoms with Crippen LogP contribution in [0.4, 0.5) is 17.1 Å². The van der Waals surface area contributed by atoms with Crippen molar-refractivity contribution in [2.45, 2.75) is 11.8 Å². The molecule has 3 aromatic rings. The van der Waals surface area contributed by atoms with Gasteiger partial charge in [0.25, 0.3) is 10.0 Å². The number of pyridine rings is 1. The van der Waals surface area contributed by atoms with Crippen molar-refractivity contribution in [3.8, 4) is 11.5 Å². The summed E-state index contributed by atoms with van der Waals surface area (Å²) in [6.45, 7) is 1.72. The lowest BCUT2D eigenvalue weighted by Gasteiger charge is -2.25. The van der Waals surface area contributed by atoms with Gasteiger partial charge in [0.1, 0.15) is 19.8 Å². The highest BCUT2D eigenvalue weighted by molar-refractivity contribution is 7.93. The zero-order valence-electron chi connectivity index (χ0n) is 19.2. The van der Waals surface area contributed by atoms with Crippen molar-refractivity contribution in [1.29, 1.82) is 0 Å². The summed E-state index contributed by atoms with van der Waals surface area (Å²) < 4.78 is 65.1. The molecule has 0 saturated carbocycles. The highest BCUT2D eigenvalue weighted by Gasteiger charge is 2.25. The molecule has 0 saturated heterocycles. The fourth-order valence-corrected chi connectivity index (χ4v) is 5.48. The van der Waals surface area contributed by atoms with Crippen molar-refractivity contribution in [2.24, 2.45) is 0 Å². The van der Waals surface area contributed by atoms with Gasteiger partial charge in [-0.05, 0) is 55.5 Å². The summed E-state index contributed by atoms with van der Waals surface area (Å²) in [6.07, 6.45) is 2.90. The molecule has 0 radical (unpaired) electrons. The first-order chi connectivity index (χ1) is 17.2.